The van der Waals surface area contributed by atoms with E-state index in [1.807, 2.05) is 49.1 Å². The number of rotatable bonds is 6. The van der Waals surface area contributed by atoms with E-state index in [1.54, 1.807) is 0 Å². The maximum atomic E-state index is 12.9. The first-order valence-electron chi connectivity index (χ1n) is 9.45. The molecule has 0 bridgehead atoms. The molecular formula is C20H31N3O2. The summed E-state index contributed by atoms with van der Waals surface area (Å²) in [5.41, 5.74) is 1.09. The minimum Gasteiger partial charge on any atom is -0.342 e. The molecule has 1 fully saturated rings. The van der Waals surface area contributed by atoms with Crippen molar-refractivity contribution in [2.75, 3.05) is 13.1 Å². The van der Waals surface area contributed by atoms with Crippen molar-refractivity contribution in [1.82, 2.24) is 15.5 Å². The topological polar surface area (TPSA) is 61.4 Å². The molecule has 0 radical (unpaired) electrons. The van der Waals surface area contributed by atoms with Gasteiger partial charge in [0.15, 0.2) is 0 Å². The van der Waals surface area contributed by atoms with Crippen LogP contribution in [-0.4, -0.2) is 42.0 Å². The molecule has 1 heterocycles. The van der Waals surface area contributed by atoms with E-state index in [9.17, 15) is 9.59 Å². The molecule has 0 unspecified atom stereocenters. The zero-order chi connectivity index (χ0) is 18.2. The number of carbonyl (C=O) groups excluding carboxylic acids is 2. The van der Waals surface area contributed by atoms with E-state index in [4.69, 9.17) is 0 Å². The summed E-state index contributed by atoms with van der Waals surface area (Å²) < 4.78 is 0. The summed E-state index contributed by atoms with van der Waals surface area (Å²) in [7, 11) is 0. The highest BCUT2D eigenvalue weighted by atomic mass is 16.2. The number of amides is 3. The Morgan fingerprint density at radius 1 is 1.12 bits per heavy atom. The molecule has 2 rings (SSSR count). The SMILES string of the molecule is CC[C@H](C)NC(=O)NC1CCN(C(=O)[C@H](CC)c2ccccc2)CC1. The van der Waals surface area contributed by atoms with Crippen LogP contribution in [0.15, 0.2) is 30.3 Å². The Labute approximate surface area is 151 Å². The van der Waals surface area contributed by atoms with Gasteiger partial charge in [-0.15, -0.1) is 0 Å². The van der Waals surface area contributed by atoms with Crippen molar-refractivity contribution < 1.29 is 9.59 Å². The van der Waals surface area contributed by atoms with Gasteiger partial charge in [0.25, 0.3) is 0 Å². The lowest BCUT2D eigenvalue weighted by molar-refractivity contribution is -0.134. The van der Waals surface area contributed by atoms with Gasteiger partial charge in [0.05, 0.1) is 5.92 Å². The summed E-state index contributed by atoms with van der Waals surface area (Å²) in [6.07, 6.45) is 3.34. The van der Waals surface area contributed by atoms with Crippen LogP contribution in [0, 0.1) is 0 Å². The summed E-state index contributed by atoms with van der Waals surface area (Å²) in [6.45, 7) is 7.51. The van der Waals surface area contributed by atoms with E-state index in [0.29, 0.717) is 13.1 Å². The van der Waals surface area contributed by atoms with Crippen LogP contribution < -0.4 is 10.6 Å². The molecule has 138 valence electrons. The van der Waals surface area contributed by atoms with Gasteiger partial charge in [-0.2, -0.15) is 0 Å². The Balaban J connectivity index is 1.84. The van der Waals surface area contributed by atoms with Gasteiger partial charge >= 0.3 is 6.03 Å². The predicted molar refractivity (Wildman–Crippen MR) is 100 cm³/mol. The van der Waals surface area contributed by atoms with Crippen molar-refractivity contribution >= 4 is 11.9 Å². The van der Waals surface area contributed by atoms with Crippen LogP contribution in [0.5, 0.6) is 0 Å². The minimum atomic E-state index is -0.102. The molecule has 0 aliphatic carbocycles. The van der Waals surface area contributed by atoms with Gasteiger partial charge in [0.1, 0.15) is 0 Å². The van der Waals surface area contributed by atoms with Crippen molar-refractivity contribution in [3.8, 4) is 0 Å². The number of hydrogen-bond donors (Lipinski definition) is 2. The third-order valence-corrected chi connectivity index (χ3v) is 5.04. The number of carbonyl (C=O) groups is 2. The standard InChI is InChI=1S/C20H31N3O2/c1-4-15(3)21-20(25)22-17-11-13-23(14-12-17)19(24)18(5-2)16-9-7-6-8-10-16/h6-10,15,17-18H,4-5,11-14H2,1-3H3,(H2,21,22,25)/t15-,18+/m0/s1. The van der Waals surface area contributed by atoms with Crippen LogP contribution in [0.4, 0.5) is 4.79 Å². The molecule has 2 N–H and O–H groups in total. The summed E-state index contributed by atoms with van der Waals surface area (Å²) >= 11 is 0. The van der Waals surface area contributed by atoms with E-state index in [-0.39, 0.29) is 29.9 Å². The van der Waals surface area contributed by atoms with E-state index in [1.165, 1.54) is 0 Å². The van der Waals surface area contributed by atoms with E-state index >= 15 is 0 Å². The Hall–Kier alpha value is -2.04. The summed E-state index contributed by atoms with van der Waals surface area (Å²) in [5, 5.41) is 5.96. The van der Waals surface area contributed by atoms with Gasteiger partial charge in [-0.3, -0.25) is 4.79 Å². The molecule has 5 nitrogen and oxygen atoms in total. The third kappa shape index (κ3) is 5.48. The number of urea groups is 1. The first-order chi connectivity index (χ1) is 12.0. The maximum Gasteiger partial charge on any atom is 0.315 e. The fourth-order valence-corrected chi connectivity index (χ4v) is 3.26. The highest BCUT2D eigenvalue weighted by Gasteiger charge is 2.28. The lowest BCUT2D eigenvalue weighted by Gasteiger charge is -2.34. The molecular weight excluding hydrogens is 314 g/mol. The van der Waals surface area contributed by atoms with Crippen LogP contribution in [-0.2, 0) is 4.79 Å². The van der Waals surface area contributed by atoms with Crippen molar-refractivity contribution in [2.45, 2.75) is 64.5 Å². The molecule has 25 heavy (non-hydrogen) atoms. The van der Waals surface area contributed by atoms with Crippen LogP contribution in [0.25, 0.3) is 0 Å². The van der Waals surface area contributed by atoms with Gasteiger partial charge in [-0.25, -0.2) is 4.79 Å². The van der Waals surface area contributed by atoms with Crippen LogP contribution in [0.2, 0.25) is 0 Å². The van der Waals surface area contributed by atoms with Crippen LogP contribution in [0.3, 0.4) is 0 Å². The molecule has 0 aromatic heterocycles. The number of benzene rings is 1. The van der Waals surface area contributed by atoms with E-state index < -0.39 is 0 Å². The molecule has 1 aliphatic rings. The first-order valence-corrected chi connectivity index (χ1v) is 9.45. The molecule has 5 heteroatoms. The normalized spacial score (nSPS) is 17.6. The average molecular weight is 345 g/mol. The summed E-state index contributed by atoms with van der Waals surface area (Å²) in [5.74, 6) is 0.135. The lowest BCUT2D eigenvalue weighted by Crippen LogP contribution is -2.51. The fourth-order valence-electron chi connectivity index (χ4n) is 3.26. The number of nitrogens with one attached hydrogen (secondary N) is 2. The Bertz CT molecular complexity index is 553. The van der Waals surface area contributed by atoms with Gasteiger partial charge in [0, 0.05) is 25.2 Å². The number of likely N-dealkylation sites (tertiary alicyclic amines) is 1. The summed E-state index contributed by atoms with van der Waals surface area (Å²) in [4.78, 5) is 26.8. The van der Waals surface area contributed by atoms with Gasteiger partial charge in [-0.05, 0) is 38.2 Å². The molecule has 0 spiro atoms. The molecule has 1 aliphatic heterocycles. The lowest BCUT2D eigenvalue weighted by atomic mass is 9.93. The van der Waals surface area contributed by atoms with Gasteiger partial charge in [0.2, 0.25) is 5.91 Å². The van der Waals surface area contributed by atoms with Crippen molar-refractivity contribution in [2.24, 2.45) is 0 Å². The van der Waals surface area contributed by atoms with E-state index in [2.05, 4.69) is 17.6 Å². The number of nitrogens with zero attached hydrogens (tertiary/aromatic N) is 1. The van der Waals surface area contributed by atoms with Crippen LogP contribution >= 0.6 is 0 Å². The van der Waals surface area contributed by atoms with Gasteiger partial charge in [-0.1, -0.05) is 44.2 Å². The zero-order valence-electron chi connectivity index (χ0n) is 15.6. The number of hydrogen-bond acceptors (Lipinski definition) is 2. The third-order valence-electron chi connectivity index (χ3n) is 5.04. The van der Waals surface area contributed by atoms with Gasteiger partial charge < -0.3 is 15.5 Å². The second kappa shape index (κ2) is 9.44. The molecule has 3 amide bonds. The molecule has 1 saturated heterocycles. The smallest absolute Gasteiger partial charge is 0.315 e. The largest absolute Gasteiger partial charge is 0.342 e. The Morgan fingerprint density at radius 2 is 1.76 bits per heavy atom. The van der Waals surface area contributed by atoms with Crippen LogP contribution in [0.1, 0.15) is 57.9 Å². The predicted octanol–water partition coefficient (Wildman–Crippen LogP) is 3.27. The van der Waals surface area contributed by atoms with E-state index in [0.717, 1.165) is 31.2 Å². The average Bonchev–Trinajstić information content (AvgIpc) is 2.63. The minimum absolute atomic E-state index is 0.0700. The summed E-state index contributed by atoms with van der Waals surface area (Å²) in [6, 6.07) is 10.2. The quantitative estimate of drug-likeness (QED) is 0.831. The van der Waals surface area contributed by atoms with Crippen molar-refractivity contribution in [3.63, 3.8) is 0 Å². The van der Waals surface area contributed by atoms with Crippen molar-refractivity contribution in [1.29, 1.82) is 0 Å². The first kappa shape index (κ1) is 19.3. The van der Waals surface area contributed by atoms with Crippen molar-refractivity contribution in [3.05, 3.63) is 35.9 Å². The highest BCUT2D eigenvalue weighted by Crippen LogP contribution is 2.24. The Kier molecular flexibility index (Phi) is 7.29. The highest BCUT2D eigenvalue weighted by molar-refractivity contribution is 5.83. The monoisotopic (exact) mass is 345 g/mol. The maximum absolute atomic E-state index is 12.9. The zero-order valence-corrected chi connectivity index (χ0v) is 15.6. The Morgan fingerprint density at radius 3 is 2.32 bits per heavy atom. The second-order valence-corrected chi connectivity index (χ2v) is 6.90. The molecule has 0 saturated carbocycles. The molecule has 2 atom stereocenters. The number of piperidine rings is 1. The second-order valence-electron chi connectivity index (χ2n) is 6.90. The molecule has 1 aromatic carbocycles. The molecule has 1 aromatic rings. The fraction of sp³-hybridized carbons (Fsp3) is 0.600.